The molecule has 16 nitrogen and oxygen atoms in total. The number of likely N-dealkylation sites (tertiary alicyclic amines) is 1. The lowest BCUT2D eigenvalue weighted by Crippen LogP contribution is -2.77. The number of benzene rings is 3. The lowest BCUT2D eigenvalue weighted by molar-refractivity contribution is -0.178. The molecule has 3 aromatic carbocycles. The summed E-state index contributed by atoms with van der Waals surface area (Å²) in [5.74, 6) is 0.351. The van der Waals surface area contributed by atoms with Gasteiger partial charge in [-0.1, -0.05) is 84.9 Å². The van der Waals surface area contributed by atoms with Crippen molar-refractivity contribution >= 4 is 50.4 Å². The zero-order valence-corrected chi connectivity index (χ0v) is 47.6. The molecule has 19 heteroatoms. The van der Waals surface area contributed by atoms with Crippen LogP contribution in [0.5, 0.6) is 17.2 Å². The minimum Gasteiger partial charge on any atom is -0.489 e. The van der Waals surface area contributed by atoms with Gasteiger partial charge in [0.05, 0.1) is 45.7 Å². The first-order valence-corrected chi connectivity index (χ1v) is 29.8. The van der Waals surface area contributed by atoms with Crippen LogP contribution in [-0.4, -0.2) is 125 Å². The van der Waals surface area contributed by atoms with Gasteiger partial charge in [0.25, 0.3) is 0 Å². The van der Waals surface area contributed by atoms with E-state index >= 15 is 4.39 Å². The van der Waals surface area contributed by atoms with E-state index in [0.717, 1.165) is 57.2 Å². The van der Waals surface area contributed by atoms with E-state index in [1.165, 1.54) is 11.3 Å². The molecule has 9 rings (SSSR count). The quantitative estimate of drug-likeness (QED) is 0.0679. The van der Waals surface area contributed by atoms with Crippen molar-refractivity contribution in [1.82, 2.24) is 31.1 Å². The van der Waals surface area contributed by atoms with Crippen molar-refractivity contribution in [1.29, 1.82) is 5.26 Å². The van der Waals surface area contributed by atoms with Gasteiger partial charge in [-0.3, -0.25) is 29.8 Å². The van der Waals surface area contributed by atoms with Crippen molar-refractivity contribution < 1.29 is 36.6 Å². The van der Waals surface area contributed by atoms with Crippen molar-refractivity contribution in [2.24, 2.45) is 28.1 Å². The summed E-state index contributed by atoms with van der Waals surface area (Å²) in [5.41, 5.74) is 1.10. The topological polar surface area (TPSA) is 190 Å². The molecule has 5 N–H and O–H groups in total. The van der Waals surface area contributed by atoms with Crippen molar-refractivity contribution in [2.75, 3.05) is 68.2 Å². The Balaban J connectivity index is 0.792. The molecule has 0 bridgehead atoms. The summed E-state index contributed by atoms with van der Waals surface area (Å²) in [7, 11) is -1.89. The third-order valence-corrected chi connectivity index (χ3v) is 19.2. The Labute approximate surface area is 460 Å². The number of halogens is 2. The number of amides is 2. The number of anilines is 2. The number of carbonyl (C=O) groups is 2. The molecule has 3 aromatic rings. The standard InChI is InChI=1S/C58H79ClFN9O7S/c1-9-11-12-13-15-36(3)58(54(71)65-52-56(4,5)53(57(52,6)7)75-40-20-18-37(30-61)45(59)29-40)34-63-55(64-35-58)68-26-23-39(24-27-68)74-41-31-69(32-41)46-16-14-17-48(49(46)60)76-47-21-19-38(66-77(72,73)10-2)28-43(47)44-33-67(8)51(70)50-42(44)22-25-62-50/h14,16-21,28-29,33,36,39,41-42,50,52-53,55,62-64,66H,9-13,15,22-27,31-32,34-35H2,1-8H3,(H,65,71). The predicted octanol–water partition coefficient (Wildman–Crippen LogP) is 8.43. The van der Waals surface area contributed by atoms with Crippen LogP contribution in [0.1, 0.15) is 111 Å². The second kappa shape index (κ2) is 23.0. The first-order valence-electron chi connectivity index (χ1n) is 27.8. The zero-order chi connectivity index (χ0) is 55.0. The van der Waals surface area contributed by atoms with Gasteiger partial charge in [0, 0.05) is 92.6 Å². The Morgan fingerprint density at radius 3 is 2.35 bits per heavy atom. The molecule has 1 saturated carbocycles. The molecule has 0 spiro atoms. The van der Waals surface area contributed by atoms with E-state index in [1.807, 2.05) is 4.90 Å². The number of ether oxygens (including phenoxy) is 3. The average molecular weight is 1100 g/mol. The molecule has 0 radical (unpaired) electrons. The van der Waals surface area contributed by atoms with Crippen LogP contribution < -0.4 is 40.4 Å². The monoisotopic (exact) mass is 1100 g/mol. The molecular formula is C58H79ClFN9O7S. The number of unbranched alkanes of at least 4 members (excludes halogenated alkanes) is 3. The third kappa shape index (κ3) is 11.6. The zero-order valence-electron chi connectivity index (χ0n) is 46.0. The number of hydrogen-bond donors (Lipinski definition) is 5. The largest absolute Gasteiger partial charge is 0.489 e. The number of rotatable bonds is 20. The van der Waals surface area contributed by atoms with Gasteiger partial charge in [-0.05, 0) is 93.1 Å². The fraction of sp³-hybridized carbons (Fsp3) is 0.603. The second-order valence-electron chi connectivity index (χ2n) is 23.5. The molecule has 3 unspecified atom stereocenters. The Morgan fingerprint density at radius 1 is 0.948 bits per heavy atom. The van der Waals surface area contributed by atoms with Gasteiger partial charge in [-0.15, -0.1) is 0 Å². The Morgan fingerprint density at radius 2 is 1.68 bits per heavy atom. The molecule has 6 aliphatic rings. The number of nitrogens with one attached hydrogen (secondary N) is 5. The maximum atomic E-state index is 16.5. The fourth-order valence-electron chi connectivity index (χ4n) is 13.2. The predicted molar refractivity (Wildman–Crippen MR) is 299 cm³/mol. The van der Waals surface area contributed by atoms with E-state index in [2.05, 4.69) is 78.5 Å². The van der Waals surface area contributed by atoms with E-state index in [-0.39, 0.29) is 76.6 Å². The summed E-state index contributed by atoms with van der Waals surface area (Å²) < 4.78 is 63.9. The Bertz CT molecular complexity index is 2820. The van der Waals surface area contributed by atoms with Crippen molar-refractivity contribution in [2.45, 2.75) is 137 Å². The van der Waals surface area contributed by atoms with Gasteiger partial charge in [0.15, 0.2) is 11.6 Å². The highest BCUT2D eigenvalue weighted by Crippen LogP contribution is 2.56. The number of nitrogens with zero attached hydrogens (tertiary/aromatic N) is 4. The number of nitriles is 1. The van der Waals surface area contributed by atoms with Crippen LogP contribution in [0.25, 0.3) is 5.57 Å². The molecule has 5 fully saturated rings. The maximum Gasteiger partial charge on any atom is 0.244 e. The van der Waals surface area contributed by atoms with E-state index in [4.69, 9.17) is 25.8 Å². The van der Waals surface area contributed by atoms with Crippen LogP contribution in [0.3, 0.4) is 0 Å². The molecule has 2 amide bonds. The first-order chi connectivity index (χ1) is 36.7. The maximum absolute atomic E-state index is 16.5. The van der Waals surface area contributed by atoms with E-state index in [0.29, 0.717) is 78.2 Å². The van der Waals surface area contributed by atoms with Crippen molar-refractivity contribution in [3.05, 3.63) is 82.8 Å². The van der Waals surface area contributed by atoms with E-state index in [1.54, 1.807) is 74.8 Å². The summed E-state index contributed by atoms with van der Waals surface area (Å²) >= 11 is 6.37. The fourth-order valence-corrected chi connectivity index (χ4v) is 14.1. The third-order valence-electron chi connectivity index (χ3n) is 17.6. The first kappa shape index (κ1) is 56.7. The summed E-state index contributed by atoms with van der Waals surface area (Å²) in [6, 6.07) is 16.7. The normalized spacial score (nSPS) is 26.9. The van der Waals surface area contributed by atoms with Gasteiger partial charge >= 0.3 is 0 Å². The minimum absolute atomic E-state index is 0.0341. The summed E-state index contributed by atoms with van der Waals surface area (Å²) in [6.07, 6.45) is 9.39. The molecule has 1 aliphatic carbocycles. The second-order valence-corrected chi connectivity index (χ2v) is 26.0. The number of fused-ring (bicyclic) bond motifs is 1. The molecule has 3 atom stereocenters. The molecule has 4 saturated heterocycles. The van der Waals surface area contributed by atoms with Gasteiger partial charge in [-0.2, -0.15) is 5.26 Å². The van der Waals surface area contributed by atoms with Gasteiger partial charge in [-0.25, -0.2) is 12.8 Å². The Hall–Kier alpha value is -5.00. The highest BCUT2D eigenvalue weighted by molar-refractivity contribution is 7.92. The molecular weight excluding hydrogens is 1020 g/mol. The van der Waals surface area contributed by atoms with Crippen LogP contribution in [0.2, 0.25) is 5.02 Å². The molecule has 5 aliphatic heterocycles. The average Bonchev–Trinajstić information content (AvgIpc) is 3.93. The number of carbonyl (C=O) groups excluding carboxylic acids is 2. The number of sulfonamides is 1. The van der Waals surface area contributed by atoms with Crippen LogP contribution in [-0.2, 0) is 24.3 Å². The van der Waals surface area contributed by atoms with Crippen molar-refractivity contribution in [3.8, 4) is 23.3 Å². The van der Waals surface area contributed by atoms with Gasteiger partial charge in [0.1, 0.15) is 30.0 Å². The molecule has 418 valence electrons. The van der Waals surface area contributed by atoms with Crippen LogP contribution in [0.15, 0.2) is 60.8 Å². The number of piperidine rings is 1. The minimum atomic E-state index is -3.59. The lowest BCUT2D eigenvalue weighted by Gasteiger charge is -2.63. The molecule has 77 heavy (non-hydrogen) atoms. The molecule has 5 heterocycles. The Kier molecular flexibility index (Phi) is 16.9. The SMILES string of the molecule is CCCCCCC(C)C1(C(=O)NC2C(C)(C)C(Oc3ccc(C#N)c(Cl)c3)C2(C)C)CNC(N2CCC(OC3CN(c4cccc(Oc5ccc(NS(=O)(=O)CC)cc5C5=CN(C)C(=O)C6NCCC56)c4F)C3)CC2)NC1. The van der Waals surface area contributed by atoms with Gasteiger partial charge in [0.2, 0.25) is 21.8 Å². The lowest BCUT2D eigenvalue weighted by atomic mass is 9.49. The van der Waals surface area contributed by atoms with Crippen LogP contribution in [0, 0.1) is 45.2 Å². The smallest absolute Gasteiger partial charge is 0.244 e. The van der Waals surface area contributed by atoms with Crippen LogP contribution in [0.4, 0.5) is 15.8 Å². The van der Waals surface area contributed by atoms with Crippen LogP contribution >= 0.6 is 11.6 Å². The van der Waals surface area contributed by atoms with E-state index in [9.17, 15) is 23.3 Å². The van der Waals surface area contributed by atoms with Crippen molar-refractivity contribution in [3.63, 3.8) is 0 Å². The highest BCUT2D eigenvalue weighted by atomic mass is 35.5. The highest BCUT2D eigenvalue weighted by Gasteiger charge is 2.65. The summed E-state index contributed by atoms with van der Waals surface area (Å²) in [5, 5.41) is 24.2. The van der Waals surface area contributed by atoms with Gasteiger partial charge < -0.3 is 34.6 Å². The number of hydrogen-bond acceptors (Lipinski definition) is 13. The van der Waals surface area contributed by atoms with E-state index < -0.39 is 27.3 Å². The summed E-state index contributed by atoms with van der Waals surface area (Å²) in [4.78, 5) is 33.8. The number of likely N-dealkylation sites (N-methyl/N-ethyl adjacent to an activating group) is 1. The summed E-state index contributed by atoms with van der Waals surface area (Å²) in [6.45, 7) is 19.0. The molecule has 0 aromatic heterocycles.